The van der Waals surface area contributed by atoms with Crippen molar-refractivity contribution in [3.8, 4) is 11.5 Å². The van der Waals surface area contributed by atoms with Gasteiger partial charge in [0.25, 0.3) is 0 Å². The molecule has 2 aliphatic rings. The number of ether oxygens (including phenoxy) is 3. The normalized spacial score (nSPS) is 18.0. The first-order chi connectivity index (χ1) is 15.9. The molecule has 0 radical (unpaired) electrons. The number of nitrogens with zero attached hydrogens (tertiary/aromatic N) is 1. The smallest absolute Gasteiger partial charge is 0.309 e. The monoisotopic (exact) mass is 495 g/mol. The van der Waals surface area contributed by atoms with Crippen LogP contribution in [0.1, 0.15) is 5.56 Å². The van der Waals surface area contributed by atoms with Gasteiger partial charge in [-0.05, 0) is 23.8 Å². The Morgan fingerprint density at radius 2 is 1.73 bits per heavy atom. The van der Waals surface area contributed by atoms with Crippen LogP contribution in [-0.2, 0) is 30.9 Å². The molecule has 1 saturated heterocycles. The van der Waals surface area contributed by atoms with Crippen LogP contribution in [0.5, 0.6) is 11.5 Å². The first-order valence-electron chi connectivity index (χ1n) is 10.2. The zero-order valence-corrected chi connectivity index (χ0v) is 19.0. The van der Waals surface area contributed by atoms with E-state index in [1.807, 2.05) is 0 Å². The number of carbonyl (C=O) groups excluding carboxylic acids is 2. The molecule has 0 aromatic heterocycles. The second-order valence-corrected chi connectivity index (χ2v) is 9.53. The predicted octanol–water partition coefficient (Wildman–Crippen LogP) is 0.891. The summed E-state index contributed by atoms with van der Waals surface area (Å²) in [5.41, 5.74) is 0.663. The number of hydrogen-bond acceptors (Lipinski definition) is 7. The minimum Gasteiger partial charge on any atom is -0.486 e. The summed E-state index contributed by atoms with van der Waals surface area (Å²) in [5.74, 6) is -0.949. The van der Waals surface area contributed by atoms with Gasteiger partial charge in [-0.3, -0.25) is 9.59 Å². The Balaban J connectivity index is 1.36. The number of benzene rings is 2. The van der Waals surface area contributed by atoms with Crippen molar-refractivity contribution in [1.82, 2.24) is 14.9 Å². The van der Waals surface area contributed by atoms with Crippen molar-refractivity contribution in [2.24, 2.45) is 0 Å². The number of fused-ring (bicyclic) bond motifs is 1. The van der Waals surface area contributed by atoms with Crippen LogP contribution in [-0.4, -0.2) is 63.7 Å². The van der Waals surface area contributed by atoms with E-state index in [1.54, 1.807) is 30.3 Å². The quantitative estimate of drug-likeness (QED) is 0.570. The van der Waals surface area contributed by atoms with Gasteiger partial charge in [-0.1, -0.05) is 29.8 Å². The van der Waals surface area contributed by atoms with E-state index < -0.39 is 28.1 Å². The Labute approximate surface area is 195 Å². The molecule has 1 atom stereocenters. The lowest BCUT2D eigenvalue weighted by Gasteiger charge is -2.24. The molecule has 33 heavy (non-hydrogen) atoms. The molecule has 2 N–H and O–H groups in total. The zero-order chi connectivity index (χ0) is 23.4. The first kappa shape index (κ1) is 23.3. The van der Waals surface area contributed by atoms with Gasteiger partial charge in [0.1, 0.15) is 19.4 Å². The molecule has 10 nitrogen and oxygen atoms in total. The summed E-state index contributed by atoms with van der Waals surface area (Å²) < 4.78 is 43.8. The van der Waals surface area contributed by atoms with Gasteiger partial charge < -0.3 is 24.8 Å². The molecule has 0 bridgehead atoms. The molecule has 2 aliphatic heterocycles. The van der Waals surface area contributed by atoms with Gasteiger partial charge in [0.2, 0.25) is 10.0 Å². The van der Waals surface area contributed by atoms with Crippen LogP contribution in [0.25, 0.3) is 0 Å². The second-order valence-electron chi connectivity index (χ2n) is 7.23. The topological polar surface area (TPSA) is 123 Å². The zero-order valence-electron chi connectivity index (χ0n) is 17.5. The highest BCUT2D eigenvalue weighted by Crippen LogP contribution is 2.34. The predicted molar refractivity (Wildman–Crippen MR) is 117 cm³/mol. The molecule has 2 amide bonds. The van der Waals surface area contributed by atoms with Crippen molar-refractivity contribution in [1.29, 1.82) is 0 Å². The van der Waals surface area contributed by atoms with E-state index in [-0.39, 0.29) is 31.1 Å². The molecule has 1 fully saturated rings. The highest BCUT2D eigenvalue weighted by atomic mass is 35.5. The van der Waals surface area contributed by atoms with Gasteiger partial charge in [0, 0.05) is 24.2 Å². The third-order valence-corrected chi connectivity index (χ3v) is 7.36. The third kappa shape index (κ3) is 5.22. The summed E-state index contributed by atoms with van der Waals surface area (Å²) in [6.45, 7) is 0.876. The summed E-state index contributed by atoms with van der Waals surface area (Å²) in [7, 11) is -3.93. The number of hydrogen-bond donors (Lipinski definition) is 2. The lowest BCUT2D eigenvalue weighted by Crippen LogP contribution is -2.47. The number of rotatable bonds is 6. The summed E-state index contributed by atoms with van der Waals surface area (Å²) in [6, 6.07) is 11.3. The van der Waals surface area contributed by atoms with Gasteiger partial charge in [0.15, 0.2) is 11.5 Å². The average molecular weight is 496 g/mol. The van der Waals surface area contributed by atoms with Crippen LogP contribution in [0.4, 0.5) is 0 Å². The number of carbonyl (C=O) groups is 2. The lowest BCUT2D eigenvalue weighted by molar-refractivity contribution is -0.139. The van der Waals surface area contributed by atoms with Crippen LogP contribution >= 0.6 is 11.6 Å². The van der Waals surface area contributed by atoms with Gasteiger partial charge in [-0.15, -0.1) is 0 Å². The lowest BCUT2D eigenvalue weighted by atomic mass is 10.2. The maximum atomic E-state index is 13.1. The van der Waals surface area contributed by atoms with E-state index in [2.05, 4.69) is 10.6 Å². The largest absolute Gasteiger partial charge is 0.486 e. The van der Waals surface area contributed by atoms with E-state index >= 15 is 0 Å². The molecule has 12 heteroatoms. The molecular formula is C21H22ClN3O7S. The maximum absolute atomic E-state index is 13.1. The number of sulfonamides is 1. The molecule has 0 aliphatic carbocycles. The van der Waals surface area contributed by atoms with E-state index in [4.69, 9.17) is 25.8 Å². The fourth-order valence-corrected chi connectivity index (χ4v) is 5.15. The van der Waals surface area contributed by atoms with Crippen molar-refractivity contribution >= 4 is 33.4 Å². The minimum atomic E-state index is -3.93. The summed E-state index contributed by atoms with van der Waals surface area (Å²) >= 11 is 6.04. The molecular weight excluding hydrogens is 474 g/mol. The van der Waals surface area contributed by atoms with Gasteiger partial charge >= 0.3 is 11.8 Å². The number of nitrogens with one attached hydrogen (secondary N) is 2. The second kappa shape index (κ2) is 9.96. The molecule has 0 saturated carbocycles. The maximum Gasteiger partial charge on any atom is 0.309 e. The fraction of sp³-hybridized carbons (Fsp3) is 0.333. The van der Waals surface area contributed by atoms with Crippen molar-refractivity contribution in [3.63, 3.8) is 0 Å². The standard InChI is InChI=1S/C21H22ClN3O7S/c22-16-4-2-1-3-14(16)12-23-20(26)21(27)24-13-19-25(7-8-32-19)33(28,29)15-5-6-17-18(11-15)31-10-9-30-17/h1-6,11,19H,7-10,12-13H2,(H,23,26)(H,24,27)/t19-/m1/s1. The highest BCUT2D eigenvalue weighted by Gasteiger charge is 2.37. The summed E-state index contributed by atoms with van der Waals surface area (Å²) in [6.07, 6.45) is -0.955. The van der Waals surface area contributed by atoms with Gasteiger partial charge in [-0.2, -0.15) is 4.31 Å². The minimum absolute atomic E-state index is 0.0195. The molecule has 2 aromatic rings. The molecule has 0 unspecified atom stereocenters. The Kier molecular flexibility index (Phi) is 7.03. The fourth-order valence-electron chi connectivity index (χ4n) is 3.42. The Bertz CT molecular complexity index is 1160. The molecule has 0 spiro atoms. The van der Waals surface area contributed by atoms with Crippen LogP contribution in [0.15, 0.2) is 47.4 Å². The first-order valence-corrected chi connectivity index (χ1v) is 12.0. The van der Waals surface area contributed by atoms with Gasteiger partial charge in [0.05, 0.1) is 18.0 Å². The summed E-state index contributed by atoms with van der Waals surface area (Å²) in [5, 5.41) is 5.37. The van der Waals surface area contributed by atoms with Crippen LogP contribution in [0.2, 0.25) is 5.02 Å². The van der Waals surface area contributed by atoms with E-state index in [9.17, 15) is 18.0 Å². The average Bonchev–Trinajstić information content (AvgIpc) is 3.31. The van der Waals surface area contributed by atoms with E-state index in [1.165, 1.54) is 12.1 Å². The molecule has 2 heterocycles. The van der Waals surface area contributed by atoms with Gasteiger partial charge in [-0.25, -0.2) is 8.42 Å². The Morgan fingerprint density at radius 3 is 2.52 bits per heavy atom. The SMILES string of the molecule is O=C(NCc1ccccc1Cl)C(=O)NC[C@H]1OCCN1S(=O)(=O)c1ccc2c(c1)OCCO2. The number of halogens is 1. The highest BCUT2D eigenvalue weighted by molar-refractivity contribution is 7.89. The van der Waals surface area contributed by atoms with Crippen molar-refractivity contribution < 1.29 is 32.2 Å². The van der Waals surface area contributed by atoms with Crippen molar-refractivity contribution in [2.45, 2.75) is 17.7 Å². The Hall–Kier alpha value is -2.86. The van der Waals surface area contributed by atoms with Crippen LogP contribution in [0.3, 0.4) is 0 Å². The Morgan fingerprint density at radius 1 is 1.00 bits per heavy atom. The molecule has 176 valence electrons. The van der Waals surface area contributed by atoms with E-state index in [0.29, 0.717) is 35.3 Å². The van der Waals surface area contributed by atoms with Crippen molar-refractivity contribution in [2.75, 3.05) is 32.9 Å². The third-order valence-electron chi connectivity index (χ3n) is 5.10. The molecule has 4 rings (SSSR count). The summed E-state index contributed by atoms with van der Waals surface area (Å²) in [4.78, 5) is 24.3. The number of amides is 2. The van der Waals surface area contributed by atoms with E-state index in [0.717, 1.165) is 4.31 Å². The van der Waals surface area contributed by atoms with Crippen molar-refractivity contribution in [3.05, 3.63) is 53.1 Å². The molecule has 2 aromatic carbocycles. The van der Waals surface area contributed by atoms with Crippen LogP contribution in [0, 0.1) is 0 Å². The van der Waals surface area contributed by atoms with Crippen LogP contribution < -0.4 is 20.1 Å².